The molecule has 1 atom stereocenters. The number of rotatable bonds is 6. The number of halogens is 1. The van der Waals surface area contributed by atoms with Gasteiger partial charge < -0.3 is 9.64 Å². The van der Waals surface area contributed by atoms with E-state index in [-0.39, 0.29) is 29.7 Å². The molecule has 0 saturated heterocycles. The summed E-state index contributed by atoms with van der Waals surface area (Å²) in [6, 6.07) is 10.4. The fourth-order valence-corrected chi connectivity index (χ4v) is 5.65. The summed E-state index contributed by atoms with van der Waals surface area (Å²) < 4.78 is 21.9. The maximum atomic E-state index is 15.4. The highest BCUT2D eigenvalue weighted by atomic mass is 32.1. The Kier molecular flexibility index (Phi) is 6.88. The van der Waals surface area contributed by atoms with Crippen LogP contribution >= 0.6 is 11.3 Å². The van der Waals surface area contributed by atoms with Crippen molar-refractivity contribution in [1.82, 2.24) is 19.5 Å². The summed E-state index contributed by atoms with van der Waals surface area (Å²) in [5.74, 6) is -1.16. The van der Waals surface area contributed by atoms with Gasteiger partial charge in [0.2, 0.25) is 0 Å². The normalized spacial score (nSPS) is 15.4. The van der Waals surface area contributed by atoms with Crippen molar-refractivity contribution < 1.29 is 18.7 Å². The molecule has 0 fully saturated rings. The highest BCUT2D eigenvalue weighted by Crippen LogP contribution is 2.34. The minimum Gasteiger partial charge on any atom is -0.463 e. The van der Waals surface area contributed by atoms with Crippen molar-refractivity contribution in [2.24, 2.45) is 0 Å². The number of hydrogen-bond donors (Lipinski definition) is 0. The maximum absolute atomic E-state index is 15.4. The van der Waals surface area contributed by atoms with Gasteiger partial charge in [0.15, 0.2) is 5.65 Å². The van der Waals surface area contributed by atoms with Crippen molar-refractivity contribution in [3.8, 4) is 11.3 Å². The predicted molar refractivity (Wildman–Crippen MR) is 141 cm³/mol. The minimum absolute atomic E-state index is 0.0226. The van der Waals surface area contributed by atoms with Crippen LogP contribution in [0.25, 0.3) is 23.0 Å². The van der Waals surface area contributed by atoms with Gasteiger partial charge >= 0.3 is 5.97 Å². The van der Waals surface area contributed by atoms with Gasteiger partial charge in [-0.05, 0) is 61.9 Å². The van der Waals surface area contributed by atoms with Crippen molar-refractivity contribution in [3.05, 3.63) is 81.1 Å². The number of benzene rings is 1. The lowest BCUT2D eigenvalue weighted by molar-refractivity contribution is -0.137. The molecule has 0 saturated carbocycles. The standard InChI is InChI=1S/C28H27FN4O3S/c1-4-19-15-23(28(35)32-13-11-24-20(17(32)3)12-14-37-24)30-25-16-22(31-33(19)25)21-8-6-7-18(27(21)29)9-10-26(34)36-5-2/h6-10,12,14-17H,4-5,11,13H2,1-3H3/b10-9+. The Morgan fingerprint density at radius 1 is 1.24 bits per heavy atom. The summed E-state index contributed by atoms with van der Waals surface area (Å²) in [5.41, 5.74) is 3.75. The van der Waals surface area contributed by atoms with Gasteiger partial charge in [-0.25, -0.2) is 18.7 Å². The lowest BCUT2D eigenvalue weighted by Crippen LogP contribution is -2.38. The van der Waals surface area contributed by atoms with E-state index < -0.39 is 11.8 Å². The molecule has 0 spiro atoms. The monoisotopic (exact) mass is 518 g/mol. The molecule has 190 valence electrons. The Morgan fingerprint density at radius 2 is 2.08 bits per heavy atom. The van der Waals surface area contributed by atoms with E-state index in [9.17, 15) is 9.59 Å². The van der Waals surface area contributed by atoms with Crippen molar-refractivity contribution in [2.45, 2.75) is 39.7 Å². The molecule has 9 heteroatoms. The van der Waals surface area contributed by atoms with Gasteiger partial charge in [-0.15, -0.1) is 11.3 Å². The number of esters is 1. The first kappa shape index (κ1) is 24.8. The summed E-state index contributed by atoms with van der Waals surface area (Å²) in [6.07, 6.45) is 4.04. The van der Waals surface area contributed by atoms with Crippen molar-refractivity contribution >= 4 is 34.9 Å². The first-order valence-electron chi connectivity index (χ1n) is 12.3. The first-order chi connectivity index (χ1) is 17.9. The van der Waals surface area contributed by atoms with Crippen LogP contribution in [0.2, 0.25) is 0 Å². The van der Waals surface area contributed by atoms with Gasteiger partial charge in [0.1, 0.15) is 11.5 Å². The molecule has 1 aliphatic rings. The fourth-order valence-electron chi connectivity index (χ4n) is 4.69. The molecule has 0 bridgehead atoms. The maximum Gasteiger partial charge on any atom is 0.330 e. The Bertz CT molecular complexity index is 1520. The summed E-state index contributed by atoms with van der Waals surface area (Å²) in [7, 11) is 0. The van der Waals surface area contributed by atoms with Crippen LogP contribution in [0.5, 0.6) is 0 Å². The lowest BCUT2D eigenvalue weighted by Gasteiger charge is -2.33. The van der Waals surface area contributed by atoms with E-state index in [2.05, 4.69) is 21.5 Å². The van der Waals surface area contributed by atoms with Crippen LogP contribution in [0.1, 0.15) is 59.0 Å². The van der Waals surface area contributed by atoms with E-state index in [0.717, 1.165) is 12.1 Å². The minimum atomic E-state index is -0.535. The molecule has 1 aromatic carbocycles. The average Bonchev–Trinajstić information content (AvgIpc) is 3.55. The number of aromatic nitrogens is 3. The van der Waals surface area contributed by atoms with Gasteiger partial charge in [-0.3, -0.25) is 4.79 Å². The number of carbonyl (C=O) groups is 2. The van der Waals surface area contributed by atoms with Crippen LogP contribution < -0.4 is 0 Å². The molecule has 0 radical (unpaired) electrons. The number of hydrogen-bond acceptors (Lipinski definition) is 6. The van der Waals surface area contributed by atoms with Crippen molar-refractivity contribution in [2.75, 3.05) is 13.2 Å². The lowest BCUT2D eigenvalue weighted by atomic mass is 10.0. The average molecular weight is 519 g/mol. The summed E-state index contributed by atoms with van der Waals surface area (Å²) >= 11 is 1.73. The molecule has 1 aliphatic heterocycles. The molecule has 1 unspecified atom stereocenters. The second-order valence-electron chi connectivity index (χ2n) is 8.80. The summed E-state index contributed by atoms with van der Waals surface area (Å²) in [5, 5.41) is 6.68. The number of amides is 1. The number of carbonyl (C=O) groups excluding carboxylic acids is 2. The number of fused-ring (bicyclic) bond motifs is 2. The highest BCUT2D eigenvalue weighted by Gasteiger charge is 2.30. The molecule has 1 amide bonds. The second-order valence-corrected chi connectivity index (χ2v) is 9.80. The third-order valence-electron chi connectivity index (χ3n) is 6.61. The topological polar surface area (TPSA) is 76.8 Å². The summed E-state index contributed by atoms with van der Waals surface area (Å²) in [4.78, 5) is 33.0. The van der Waals surface area contributed by atoms with Crippen LogP contribution in [-0.2, 0) is 22.4 Å². The molecule has 4 heterocycles. The quantitative estimate of drug-likeness (QED) is 0.249. The Balaban J connectivity index is 1.49. The second kappa shape index (κ2) is 10.3. The fraction of sp³-hybridized carbons (Fsp3) is 0.286. The predicted octanol–water partition coefficient (Wildman–Crippen LogP) is 5.50. The zero-order valence-corrected chi connectivity index (χ0v) is 21.7. The molecule has 7 nitrogen and oxygen atoms in total. The molecule has 5 rings (SSSR count). The van der Waals surface area contributed by atoms with E-state index >= 15 is 4.39 Å². The van der Waals surface area contributed by atoms with Crippen LogP contribution in [0.3, 0.4) is 0 Å². The van der Waals surface area contributed by atoms with Crippen LogP contribution in [0.4, 0.5) is 4.39 Å². The van der Waals surface area contributed by atoms with Gasteiger partial charge in [-0.1, -0.05) is 19.1 Å². The molecule has 0 aliphatic carbocycles. The van der Waals surface area contributed by atoms with Crippen LogP contribution in [0.15, 0.2) is 47.9 Å². The third-order valence-corrected chi connectivity index (χ3v) is 7.61. The number of nitrogens with zero attached hydrogens (tertiary/aromatic N) is 4. The Hall–Kier alpha value is -3.85. The first-order valence-corrected chi connectivity index (χ1v) is 13.2. The smallest absolute Gasteiger partial charge is 0.330 e. The Labute approximate surface area is 218 Å². The van der Waals surface area contributed by atoms with Crippen LogP contribution in [-0.4, -0.2) is 44.5 Å². The van der Waals surface area contributed by atoms with Gasteiger partial charge in [-0.2, -0.15) is 5.10 Å². The summed E-state index contributed by atoms with van der Waals surface area (Å²) in [6.45, 7) is 6.62. The van der Waals surface area contributed by atoms with Gasteiger partial charge in [0.25, 0.3) is 5.91 Å². The number of aryl methyl sites for hydroxylation is 1. The number of thiophene rings is 1. The van der Waals surface area contributed by atoms with Gasteiger partial charge in [0, 0.05) is 40.4 Å². The highest BCUT2D eigenvalue weighted by molar-refractivity contribution is 7.10. The Morgan fingerprint density at radius 3 is 2.86 bits per heavy atom. The van der Waals surface area contributed by atoms with E-state index in [1.807, 2.05) is 18.7 Å². The molecular formula is C28H27FN4O3S. The van der Waals surface area contributed by atoms with Crippen LogP contribution in [0, 0.1) is 5.82 Å². The van der Waals surface area contributed by atoms with Crippen molar-refractivity contribution in [3.63, 3.8) is 0 Å². The zero-order chi connectivity index (χ0) is 26.1. The zero-order valence-electron chi connectivity index (χ0n) is 20.9. The van der Waals surface area contributed by atoms with E-state index in [4.69, 9.17) is 4.74 Å². The molecular weight excluding hydrogens is 491 g/mol. The SMILES string of the molecule is CCOC(=O)/C=C/c1cccc(-c2cc3nc(C(=O)N4CCc5sccc5C4C)cc(CC)n3n2)c1F. The van der Waals surface area contributed by atoms with Crippen molar-refractivity contribution in [1.29, 1.82) is 0 Å². The van der Waals surface area contributed by atoms with E-state index in [1.165, 1.54) is 22.6 Å². The van der Waals surface area contributed by atoms with E-state index in [0.29, 0.717) is 30.0 Å². The molecule has 37 heavy (non-hydrogen) atoms. The number of ether oxygens (including phenoxy) is 1. The molecule has 0 N–H and O–H groups in total. The van der Waals surface area contributed by atoms with Gasteiger partial charge in [0.05, 0.1) is 18.3 Å². The molecule has 4 aromatic rings. The molecule has 3 aromatic heterocycles. The largest absolute Gasteiger partial charge is 0.463 e. The third kappa shape index (κ3) is 4.67. The van der Waals surface area contributed by atoms with E-state index in [1.54, 1.807) is 53.1 Å².